The Labute approximate surface area is 66.8 Å². The van der Waals surface area contributed by atoms with Crippen LogP contribution in [-0.2, 0) is 0 Å². The molecule has 1 saturated heterocycles. The molecule has 2 aliphatic rings. The second-order valence-corrected chi connectivity index (χ2v) is 3.27. The highest BCUT2D eigenvalue weighted by Gasteiger charge is 2.36. The minimum Gasteiger partial charge on any atom is -0.316 e. The molecule has 1 N–H and O–H groups in total. The Morgan fingerprint density at radius 1 is 1.20 bits per heavy atom. The average Bonchev–Trinajstić information content (AvgIpc) is 2.09. The molecular weight excluding hydrogens is 153 g/mol. The molecular formula is C7H13ClFN. The molecule has 2 bridgehead atoms. The lowest BCUT2D eigenvalue weighted by Crippen LogP contribution is -2.31. The van der Waals surface area contributed by atoms with Gasteiger partial charge in [0.25, 0.3) is 0 Å². The number of alkyl halides is 1. The summed E-state index contributed by atoms with van der Waals surface area (Å²) in [7, 11) is 0. The van der Waals surface area contributed by atoms with E-state index in [4.69, 9.17) is 0 Å². The molecule has 60 valence electrons. The summed E-state index contributed by atoms with van der Waals surface area (Å²) in [5, 5.41) is 3.24. The van der Waals surface area contributed by atoms with Gasteiger partial charge in [-0.2, -0.15) is 0 Å². The van der Waals surface area contributed by atoms with Gasteiger partial charge in [-0.05, 0) is 25.3 Å². The van der Waals surface area contributed by atoms with Gasteiger partial charge in [0.15, 0.2) is 0 Å². The number of rotatable bonds is 0. The molecule has 0 radical (unpaired) electrons. The van der Waals surface area contributed by atoms with E-state index in [9.17, 15) is 4.39 Å². The van der Waals surface area contributed by atoms with Crippen molar-refractivity contribution in [1.82, 2.24) is 5.32 Å². The molecule has 1 heterocycles. The zero-order valence-electron chi connectivity index (χ0n) is 5.85. The standard InChI is InChI=1S/C7H12FN.ClH/c8-7-2-5-1-6(7)4-9-3-5;/h5-7,9H,1-4H2;1H. The van der Waals surface area contributed by atoms with Crippen molar-refractivity contribution in [3.05, 3.63) is 0 Å². The van der Waals surface area contributed by atoms with Crippen molar-refractivity contribution in [2.24, 2.45) is 11.8 Å². The van der Waals surface area contributed by atoms with Gasteiger partial charge in [0.2, 0.25) is 0 Å². The van der Waals surface area contributed by atoms with Crippen LogP contribution in [0, 0.1) is 11.8 Å². The molecule has 10 heavy (non-hydrogen) atoms. The van der Waals surface area contributed by atoms with Crippen LogP contribution in [0.5, 0.6) is 0 Å². The number of hydrogen-bond donors (Lipinski definition) is 1. The fourth-order valence-corrected chi connectivity index (χ4v) is 2.03. The Balaban J connectivity index is 0.000000500. The van der Waals surface area contributed by atoms with Crippen LogP contribution in [0.15, 0.2) is 0 Å². The highest BCUT2D eigenvalue weighted by atomic mass is 35.5. The smallest absolute Gasteiger partial charge is 0.104 e. The SMILES string of the molecule is Cl.FC1CC2CNCC1C2. The van der Waals surface area contributed by atoms with Crippen LogP contribution in [0.1, 0.15) is 12.8 Å². The first-order valence-corrected chi connectivity index (χ1v) is 3.71. The highest BCUT2D eigenvalue weighted by Crippen LogP contribution is 2.35. The minimum absolute atomic E-state index is 0. The van der Waals surface area contributed by atoms with E-state index >= 15 is 0 Å². The Bertz CT molecular complexity index is 118. The van der Waals surface area contributed by atoms with Gasteiger partial charge in [0.1, 0.15) is 6.17 Å². The number of hydrogen-bond acceptors (Lipinski definition) is 1. The molecule has 1 nitrogen and oxygen atoms in total. The van der Waals surface area contributed by atoms with Crippen molar-refractivity contribution in [2.75, 3.05) is 13.1 Å². The van der Waals surface area contributed by atoms with Gasteiger partial charge in [0, 0.05) is 12.5 Å². The van der Waals surface area contributed by atoms with Crippen LogP contribution in [0.4, 0.5) is 4.39 Å². The second-order valence-electron chi connectivity index (χ2n) is 3.27. The molecule has 0 amide bonds. The number of piperidine rings is 1. The molecule has 0 aromatic carbocycles. The second kappa shape index (κ2) is 3.05. The van der Waals surface area contributed by atoms with Crippen LogP contribution in [0.3, 0.4) is 0 Å². The normalized spacial score (nSPS) is 44.7. The summed E-state index contributed by atoms with van der Waals surface area (Å²) in [6.45, 7) is 1.97. The first-order chi connectivity index (χ1) is 4.36. The van der Waals surface area contributed by atoms with Gasteiger partial charge in [0.05, 0.1) is 0 Å². The van der Waals surface area contributed by atoms with E-state index in [1.165, 1.54) is 0 Å². The van der Waals surface area contributed by atoms with E-state index < -0.39 is 6.17 Å². The van der Waals surface area contributed by atoms with Crippen molar-refractivity contribution in [3.63, 3.8) is 0 Å². The van der Waals surface area contributed by atoms with Crippen molar-refractivity contribution in [1.29, 1.82) is 0 Å². The zero-order chi connectivity index (χ0) is 6.27. The summed E-state index contributed by atoms with van der Waals surface area (Å²) < 4.78 is 12.8. The molecule has 0 aromatic heterocycles. The summed E-state index contributed by atoms with van der Waals surface area (Å²) >= 11 is 0. The summed E-state index contributed by atoms with van der Waals surface area (Å²) in [5.74, 6) is 1.00. The van der Waals surface area contributed by atoms with Crippen molar-refractivity contribution in [3.8, 4) is 0 Å². The topological polar surface area (TPSA) is 12.0 Å². The van der Waals surface area contributed by atoms with E-state index in [0.29, 0.717) is 11.8 Å². The molecule has 3 atom stereocenters. The van der Waals surface area contributed by atoms with Crippen molar-refractivity contribution in [2.45, 2.75) is 19.0 Å². The van der Waals surface area contributed by atoms with Gasteiger partial charge in [-0.1, -0.05) is 0 Å². The van der Waals surface area contributed by atoms with Gasteiger partial charge in [-0.15, -0.1) is 12.4 Å². The third-order valence-electron chi connectivity index (χ3n) is 2.55. The van der Waals surface area contributed by atoms with Crippen LogP contribution >= 0.6 is 12.4 Å². The Morgan fingerprint density at radius 3 is 2.60 bits per heavy atom. The number of halogens is 2. The Morgan fingerprint density at radius 2 is 2.00 bits per heavy atom. The first kappa shape index (κ1) is 8.28. The molecule has 1 saturated carbocycles. The third kappa shape index (κ3) is 1.28. The van der Waals surface area contributed by atoms with Crippen LogP contribution in [0.2, 0.25) is 0 Å². The van der Waals surface area contributed by atoms with Crippen molar-refractivity contribution >= 4 is 12.4 Å². The maximum absolute atomic E-state index is 12.8. The molecule has 2 fully saturated rings. The van der Waals surface area contributed by atoms with E-state index in [2.05, 4.69) is 5.32 Å². The van der Waals surface area contributed by atoms with E-state index in [0.717, 1.165) is 25.9 Å². The third-order valence-corrected chi connectivity index (χ3v) is 2.55. The number of fused-ring (bicyclic) bond motifs is 2. The molecule has 3 heteroatoms. The molecule has 3 unspecified atom stereocenters. The van der Waals surface area contributed by atoms with Gasteiger partial charge < -0.3 is 5.32 Å². The summed E-state index contributed by atoms with van der Waals surface area (Å²) in [6.07, 6.45) is 1.45. The summed E-state index contributed by atoms with van der Waals surface area (Å²) in [6, 6.07) is 0. The van der Waals surface area contributed by atoms with Crippen LogP contribution in [-0.4, -0.2) is 19.3 Å². The molecule has 0 spiro atoms. The first-order valence-electron chi connectivity index (χ1n) is 3.71. The predicted octanol–water partition coefficient (Wildman–Crippen LogP) is 1.38. The fourth-order valence-electron chi connectivity index (χ4n) is 2.03. The lowest BCUT2D eigenvalue weighted by molar-refractivity contribution is 0.259. The van der Waals surface area contributed by atoms with Gasteiger partial charge in [-0.25, -0.2) is 4.39 Å². The zero-order valence-corrected chi connectivity index (χ0v) is 6.66. The molecule has 1 aliphatic heterocycles. The van der Waals surface area contributed by atoms with Gasteiger partial charge >= 0.3 is 0 Å². The monoisotopic (exact) mass is 165 g/mol. The van der Waals surface area contributed by atoms with E-state index in [-0.39, 0.29) is 12.4 Å². The Kier molecular flexibility index (Phi) is 2.53. The average molecular weight is 166 g/mol. The summed E-state index contributed by atoms with van der Waals surface area (Å²) in [5.41, 5.74) is 0. The fraction of sp³-hybridized carbons (Fsp3) is 1.00. The Hall–Kier alpha value is 0.180. The lowest BCUT2D eigenvalue weighted by Gasteiger charge is -2.18. The summed E-state index contributed by atoms with van der Waals surface area (Å²) in [4.78, 5) is 0. The van der Waals surface area contributed by atoms with Crippen LogP contribution in [0.25, 0.3) is 0 Å². The van der Waals surface area contributed by atoms with E-state index in [1.807, 2.05) is 0 Å². The van der Waals surface area contributed by atoms with Crippen LogP contribution < -0.4 is 5.32 Å². The number of nitrogens with one attached hydrogen (secondary N) is 1. The van der Waals surface area contributed by atoms with E-state index in [1.54, 1.807) is 0 Å². The molecule has 2 rings (SSSR count). The highest BCUT2D eigenvalue weighted by molar-refractivity contribution is 5.85. The maximum Gasteiger partial charge on any atom is 0.104 e. The molecule has 0 aromatic rings. The minimum atomic E-state index is -0.495. The lowest BCUT2D eigenvalue weighted by atomic mass is 10.0. The van der Waals surface area contributed by atoms with Gasteiger partial charge in [-0.3, -0.25) is 0 Å². The maximum atomic E-state index is 12.8. The quantitative estimate of drug-likeness (QED) is 0.572. The van der Waals surface area contributed by atoms with Crippen molar-refractivity contribution < 1.29 is 4.39 Å². The molecule has 1 aliphatic carbocycles. The largest absolute Gasteiger partial charge is 0.316 e. The predicted molar refractivity (Wildman–Crippen MR) is 41.2 cm³/mol.